The molecule has 0 spiro atoms. The van der Waals surface area contributed by atoms with Crippen molar-refractivity contribution in [3.63, 3.8) is 0 Å². The monoisotopic (exact) mass is 255 g/mol. The number of carbonyl (C=O) groups is 1. The molecule has 19 heavy (non-hydrogen) atoms. The number of aromatic amines is 1. The lowest BCUT2D eigenvalue weighted by atomic mass is 9.80. The largest absolute Gasteiger partial charge is 0.383 e. The number of ketones is 1. The van der Waals surface area contributed by atoms with Gasteiger partial charge in [0.1, 0.15) is 5.82 Å². The fourth-order valence-corrected chi connectivity index (χ4v) is 2.92. The fourth-order valence-electron chi connectivity index (χ4n) is 2.92. The van der Waals surface area contributed by atoms with Crippen LogP contribution < -0.4 is 5.73 Å². The molecule has 0 saturated carbocycles. The Bertz CT molecular complexity index is 603. The number of nitrogens with zero attached hydrogens (tertiary/aromatic N) is 1. The number of aryl methyl sites for hydroxylation is 1. The first kappa shape index (κ1) is 12.0. The third kappa shape index (κ3) is 2.26. The first-order valence-electron chi connectivity index (χ1n) is 6.65. The Morgan fingerprint density at radius 2 is 2.26 bits per heavy atom. The van der Waals surface area contributed by atoms with E-state index in [2.05, 4.69) is 28.4 Å². The first-order chi connectivity index (χ1) is 9.25. The lowest BCUT2D eigenvalue weighted by Crippen LogP contribution is -2.14. The Kier molecular flexibility index (Phi) is 3.07. The Morgan fingerprint density at radius 3 is 3.05 bits per heavy atom. The number of H-pyrrole nitrogens is 1. The average molecular weight is 255 g/mol. The molecule has 1 aliphatic rings. The van der Waals surface area contributed by atoms with E-state index in [0.29, 0.717) is 23.7 Å². The molecule has 2 aromatic rings. The van der Waals surface area contributed by atoms with Crippen LogP contribution in [-0.4, -0.2) is 16.0 Å². The molecule has 98 valence electrons. The summed E-state index contributed by atoms with van der Waals surface area (Å²) in [5, 5.41) is 6.42. The quantitative estimate of drug-likeness (QED) is 0.828. The summed E-state index contributed by atoms with van der Waals surface area (Å²) >= 11 is 0. The highest BCUT2D eigenvalue weighted by molar-refractivity contribution is 6.00. The van der Waals surface area contributed by atoms with Gasteiger partial charge in [-0.05, 0) is 36.3 Å². The summed E-state index contributed by atoms with van der Waals surface area (Å²) in [4.78, 5) is 12.3. The number of Topliss-reactive ketones (excluding diaryl/α,β-unsaturated/α-hetero) is 1. The van der Waals surface area contributed by atoms with Crippen molar-refractivity contribution in [1.82, 2.24) is 10.2 Å². The predicted molar refractivity (Wildman–Crippen MR) is 74.1 cm³/mol. The van der Waals surface area contributed by atoms with Crippen LogP contribution in [0.2, 0.25) is 0 Å². The van der Waals surface area contributed by atoms with Gasteiger partial charge in [0.15, 0.2) is 5.78 Å². The minimum absolute atomic E-state index is 0.0768. The maximum absolute atomic E-state index is 12.3. The molecule has 3 N–H and O–H groups in total. The standard InChI is InChI=1S/C15H17N3O/c16-15-13(9-17-18-15)14(19)8-11-6-3-5-10-4-1-2-7-12(10)11/h1-2,4,7,9,11H,3,5-6,8H2,(H3,16,17,18). The maximum atomic E-state index is 12.3. The summed E-state index contributed by atoms with van der Waals surface area (Å²) < 4.78 is 0. The van der Waals surface area contributed by atoms with Crippen LogP contribution in [-0.2, 0) is 6.42 Å². The number of nitrogen functional groups attached to an aromatic ring is 1. The summed E-state index contributed by atoms with van der Waals surface area (Å²) in [6.07, 6.45) is 5.37. The van der Waals surface area contributed by atoms with Crippen LogP contribution in [0.4, 0.5) is 5.82 Å². The number of aromatic nitrogens is 2. The normalized spacial score (nSPS) is 18.0. The minimum atomic E-state index is 0.0768. The Balaban J connectivity index is 1.82. The SMILES string of the molecule is Nc1[nH]ncc1C(=O)CC1CCCc2ccccc21. The van der Waals surface area contributed by atoms with Crippen molar-refractivity contribution in [2.75, 3.05) is 5.73 Å². The van der Waals surface area contributed by atoms with E-state index in [0.717, 1.165) is 19.3 Å². The van der Waals surface area contributed by atoms with Gasteiger partial charge in [-0.25, -0.2) is 0 Å². The highest BCUT2D eigenvalue weighted by Crippen LogP contribution is 2.34. The van der Waals surface area contributed by atoms with Crippen molar-refractivity contribution < 1.29 is 4.79 Å². The lowest BCUT2D eigenvalue weighted by Gasteiger charge is -2.24. The van der Waals surface area contributed by atoms with Gasteiger partial charge < -0.3 is 5.73 Å². The van der Waals surface area contributed by atoms with Crippen LogP contribution in [0.5, 0.6) is 0 Å². The Labute approximate surface area is 112 Å². The number of anilines is 1. The number of hydrogen-bond donors (Lipinski definition) is 2. The van der Waals surface area contributed by atoms with Gasteiger partial charge in [-0.15, -0.1) is 0 Å². The van der Waals surface area contributed by atoms with Crippen LogP contribution in [0.25, 0.3) is 0 Å². The molecule has 1 aromatic carbocycles. The molecular formula is C15H17N3O. The van der Waals surface area contributed by atoms with E-state index < -0.39 is 0 Å². The molecule has 0 amide bonds. The molecule has 0 saturated heterocycles. The number of nitrogens with one attached hydrogen (secondary N) is 1. The summed E-state index contributed by atoms with van der Waals surface area (Å²) in [5.74, 6) is 0.758. The lowest BCUT2D eigenvalue weighted by molar-refractivity contribution is 0.0972. The van der Waals surface area contributed by atoms with Gasteiger partial charge >= 0.3 is 0 Å². The van der Waals surface area contributed by atoms with Crippen molar-refractivity contribution in [2.24, 2.45) is 0 Å². The van der Waals surface area contributed by atoms with Crippen LogP contribution in [0, 0.1) is 0 Å². The van der Waals surface area contributed by atoms with Crippen molar-refractivity contribution in [2.45, 2.75) is 31.6 Å². The smallest absolute Gasteiger partial charge is 0.168 e. The predicted octanol–water partition coefficient (Wildman–Crippen LogP) is 2.68. The molecule has 1 aromatic heterocycles. The fraction of sp³-hybridized carbons (Fsp3) is 0.333. The highest BCUT2D eigenvalue weighted by Gasteiger charge is 2.24. The van der Waals surface area contributed by atoms with Crippen LogP contribution in [0.15, 0.2) is 30.5 Å². The number of fused-ring (bicyclic) bond motifs is 1. The van der Waals surface area contributed by atoms with Crippen molar-refractivity contribution in [3.8, 4) is 0 Å². The van der Waals surface area contributed by atoms with E-state index >= 15 is 0 Å². The van der Waals surface area contributed by atoms with E-state index in [1.165, 1.54) is 17.3 Å². The highest BCUT2D eigenvalue weighted by atomic mass is 16.1. The van der Waals surface area contributed by atoms with Gasteiger partial charge in [0.05, 0.1) is 11.8 Å². The zero-order valence-corrected chi connectivity index (χ0v) is 10.7. The molecule has 1 atom stereocenters. The van der Waals surface area contributed by atoms with Gasteiger partial charge in [-0.3, -0.25) is 9.89 Å². The molecule has 4 nitrogen and oxygen atoms in total. The van der Waals surface area contributed by atoms with E-state index in [1.807, 2.05) is 6.07 Å². The average Bonchev–Trinajstić information content (AvgIpc) is 2.85. The van der Waals surface area contributed by atoms with Gasteiger partial charge in [0.25, 0.3) is 0 Å². The van der Waals surface area contributed by atoms with Crippen LogP contribution >= 0.6 is 0 Å². The molecule has 3 rings (SSSR count). The van der Waals surface area contributed by atoms with Gasteiger partial charge in [0.2, 0.25) is 0 Å². The minimum Gasteiger partial charge on any atom is -0.383 e. The molecule has 1 aliphatic carbocycles. The van der Waals surface area contributed by atoms with Gasteiger partial charge in [-0.2, -0.15) is 5.10 Å². The summed E-state index contributed by atoms with van der Waals surface area (Å²) in [6, 6.07) is 8.42. The summed E-state index contributed by atoms with van der Waals surface area (Å²) in [6.45, 7) is 0. The second-order valence-corrected chi connectivity index (χ2v) is 5.11. The first-order valence-corrected chi connectivity index (χ1v) is 6.65. The molecule has 1 heterocycles. The van der Waals surface area contributed by atoms with Crippen molar-refractivity contribution in [3.05, 3.63) is 47.2 Å². The number of hydrogen-bond acceptors (Lipinski definition) is 3. The topological polar surface area (TPSA) is 71.8 Å². The van der Waals surface area contributed by atoms with Crippen molar-refractivity contribution in [1.29, 1.82) is 0 Å². The van der Waals surface area contributed by atoms with Gasteiger partial charge in [-0.1, -0.05) is 24.3 Å². The second-order valence-electron chi connectivity index (χ2n) is 5.11. The number of benzene rings is 1. The zero-order valence-electron chi connectivity index (χ0n) is 10.7. The third-order valence-electron chi connectivity index (χ3n) is 3.89. The molecule has 1 unspecified atom stereocenters. The van der Waals surface area contributed by atoms with E-state index in [9.17, 15) is 4.79 Å². The Morgan fingerprint density at radius 1 is 1.42 bits per heavy atom. The summed E-state index contributed by atoms with van der Waals surface area (Å²) in [5.41, 5.74) is 8.92. The summed E-state index contributed by atoms with van der Waals surface area (Å²) in [7, 11) is 0. The number of nitrogens with two attached hydrogens (primary N) is 1. The molecule has 4 heteroatoms. The Hall–Kier alpha value is -2.10. The zero-order chi connectivity index (χ0) is 13.2. The molecule has 0 fully saturated rings. The molecular weight excluding hydrogens is 238 g/mol. The van der Waals surface area contributed by atoms with E-state index in [1.54, 1.807) is 0 Å². The van der Waals surface area contributed by atoms with E-state index in [-0.39, 0.29) is 5.78 Å². The van der Waals surface area contributed by atoms with E-state index in [4.69, 9.17) is 5.73 Å². The molecule has 0 radical (unpaired) electrons. The molecule has 0 bridgehead atoms. The number of carbonyl (C=O) groups excluding carboxylic acids is 1. The van der Waals surface area contributed by atoms with Crippen LogP contribution in [0.1, 0.15) is 46.7 Å². The van der Waals surface area contributed by atoms with Crippen LogP contribution in [0.3, 0.4) is 0 Å². The molecule has 0 aliphatic heterocycles. The van der Waals surface area contributed by atoms with Gasteiger partial charge in [0, 0.05) is 6.42 Å². The maximum Gasteiger partial charge on any atom is 0.168 e. The third-order valence-corrected chi connectivity index (χ3v) is 3.89. The second kappa shape index (κ2) is 4.88. The number of rotatable bonds is 3. The van der Waals surface area contributed by atoms with Crippen molar-refractivity contribution >= 4 is 11.6 Å².